The third-order valence-corrected chi connectivity index (χ3v) is 9.94. The Labute approximate surface area is 259 Å². The molecule has 0 aromatic carbocycles. The van der Waals surface area contributed by atoms with E-state index in [2.05, 4.69) is 6.58 Å². The van der Waals surface area contributed by atoms with Gasteiger partial charge in [0.25, 0.3) is 0 Å². The Hall–Kier alpha value is -1.80. The van der Waals surface area contributed by atoms with E-state index in [-0.39, 0.29) is 31.1 Å². The van der Waals surface area contributed by atoms with Gasteiger partial charge in [-0.1, -0.05) is 50.5 Å². The van der Waals surface area contributed by atoms with Gasteiger partial charge >= 0.3 is 18.0 Å². The van der Waals surface area contributed by atoms with E-state index >= 15 is 0 Å². The Morgan fingerprint density at radius 2 is 1.70 bits per heavy atom. The van der Waals surface area contributed by atoms with Crippen LogP contribution in [0, 0.1) is 34.5 Å². The molecule has 0 saturated heterocycles. The second-order valence-corrected chi connectivity index (χ2v) is 13.2. The van der Waals surface area contributed by atoms with Gasteiger partial charge in [-0.25, -0.2) is 0 Å². The number of hydrogen-bond acceptors (Lipinski definition) is 4. The van der Waals surface area contributed by atoms with E-state index in [1.54, 1.807) is 6.92 Å². The van der Waals surface area contributed by atoms with Gasteiger partial charge in [0.1, 0.15) is 0 Å². The van der Waals surface area contributed by atoms with E-state index in [1.807, 2.05) is 25.0 Å². The highest BCUT2D eigenvalue weighted by molar-refractivity contribution is 5.39. The summed E-state index contributed by atoms with van der Waals surface area (Å²) in [5.41, 5.74) is -7.89. The van der Waals surface area contributed by atoms with Crippen LogP contribution in [0.2, 0.25) is 0 Å². The maximum Gasteiger partial charge on any atom is 0.438 e. The predicted octanol–water partition coefficient (Wildman–Crippen LogP) is 7.32. The van der Waals surface area contributed by atoms with Gasteiger partial charge in [-0.05, 0) is 105 Å². The molecule has 4 N–H and O–H groups in total. The van der Waals surface area contributed by atoms with E-state index in [0.717, 1.165) is 11.5 Å². The lowest BCUT2D eigenvalue weighted by molar-refractivity contribution is -0.343. The zero-order valence-electron chi connectivity index (χ0n) is 30.5. The zero-order valence-corrected chi connectivity index (χ0v) is 24.5. The van der Waals surface area contributed by atoms with Gasteiger partial charge in [0, 0.05) is 21.1 Å². The molecule has 0 aliphatic heterocycles. The molecule has 0 amide bonds. The molecule has 3 saturated carbocycles. The minimum atomic E-state index is -6.15. The summed E-state index contributed by atoms with van der Waals surface area (Å²) in [5, 5.41) is 40.9. The highest BCUT2D eigenvalue weighted by atomic mass is 19.4. The normalized spacial score (nSPS) is 35.0. The van der Waals surface area contributed by atoms with Gasteiger partial charge in [0.05, 0.1) is 17.8 Å². The van der Waals surface area contributed by atoms with Gasteiger partial charge in [0.15, 0.2) is 0 Å². The average Bonchev–Trinajstić information content (AvgIpc) is 3.29. The van der Waals surface area contributed by atoms with Crippen LogP contribution in [0.15, 0.2) is 35.5 Å². The third kappa shape index (κ3) is 7.71. The molecule has 0 radical (unpaired) electrons. The summed E-state index contributed by atoms with van der Waals surface area (Å²) in [5.74, 6) is 2.54. The second-order valence-electron chi connectivity index (χ2n) is 13.2. The monoisotopic (exact) mass is 626 g/mol. The van der Waals surface area contributed by atoms with Crippen molar-refractivity contribution < 1.29 is 55.0 Å². The van der Waals surface area contributed by atoms with Crippen molar-refractivity contribution in [2.75, 3.05) is 0 Å². The Bertz CT molecular complexity index is 1330. The fraction of sp³-hybridized carbons (Fsp3) is 0.758. The van der Waals surface area contributed by atoms with Gasteiger partial charge in [-0.3, -0.25) is 0 Å². The number of aliphatic hydroxyl groups excluding tert-OH is 2. The van der Waals surface area contributed by atoms with Gasteiger partial charge in [-0.2, -0.15) is 26.3 Å². The van der Waals surface area contributed by atoms with E-state index in [9.17, 15) is 46.8 Å². The topological polar surface area (TPSA) is 80.9 Å². The first kappa shape index (κ1) is 27.5. The molecule has 3 aliphatic carbocycles. The maximum absolute atomic E-state index is 13.4. The molecule has 4 nitrogen and oxygen atoms in total. The van der Waals surface area contributed by atoms with Crippen LogP contribution in [0.4, 0.5) is 26.3 Å². The number of fused-ring (bicyclic) bond motifs is 1. The molecule has 3 aliphatic rings. The van der Waals surface area contributed by atoms with E-state index in [1.165, 1.54) is 0 Å². The van der Waals surface area contributed by atoms with Crippen molar-refractivity contribution in [3.63, 3.8) is 0 Å². The number of allylic oxidation sites excluding steroid dienone is 3. The first-order valence-corrected chi connectivity index (χ1v) is 14.6. The summed E-state index contributed by atoms with van der Waals surface area (Å²) in [4.78, 5) is 0. The van der Waals surface area contributed by atoms with Crippen molar-refractivity contribution in [3.05, 3.63) is 35.5 Å². The SMILES string of the molecule is [2H]C([2H])([2H])C(O)(CCC[C@](C)(CC#CC(O)(C(F)(F)F)C(F)(F)F)[C@H]1CCC2/C(=C/C=C3/C[C@@H](O)C[C@H](O)C3=C)CCC[C@@]21C)C([2H])([2H])[2H]. The van der Waals surface area contributed by atoms with Gasteiger partial charge in [-0.15, -0.1) is 0 Å². The van der Waals surface area contributed by atoms with Crippen LogP contribution in [0.5, 0.6) is 0 Å². The van der Waals surface area contributed by atoms with Crippen molar-refractivity contribution in [2.24, 2.45) is 22.7 Å². The highest BCUT2D eigenvalue weighted by Crippen LogP contribution is 2.63. The zero-order chi connectivity index (χ0) is 37.6. The fourth-order valence-corrected chi connectivity index (χ4v) is 7.66. The Morgan fingerprint density at radius 1 is 1.05 bits per heavy atom. The molecule has 0 aromatic rings. The first-order chi connectivity index (χ1) is 22.0. The molecule has 3 rings (SSSR count). The van der Waals surface area contributed by atoms with E-state index in [0.29, 0.717) is 49.7 Å². The summed E-state index contributed by atoms with van der Waals surface area (Å²) in [6.07, 6.45) is -8.20. The second kappa shape index (κ2) is 12.5. The van der Waals surface area contributed by atoms with Crippen molar-refractivity contribution in [2.45, 2.75) is 134 Å². The van der Waals surface area contributed by atoms with Crippen molar-refractivity contribution in [3.8, 4) is 11.8 Å². The minimum Gasteiger partial charge on any atom is -0.393 e. The smallest absolute Gasteiger partial charge is 0.393 e. The van der Waals surface area contributed by atoms with Crippen LogP contribution in [0.3, 0.4) is 0 Å². The molecule has 43 heavy (non-hydrogen) atoms. The van der Waals surface area contributed by atoms with Gasteiger partial charge < -0.3 is 20.4 Å². The van der Waals surface area contributed by atoms with E-state index in [4.69, 9.17) is 8.22 Å². The first-order valence-electron chi connectivity index (χ1n) is 17.6. The largest absolute Gasteiger partial charge is 0.438 e. The molecule has 3 fully saturated rings. The van der Waals surface area contributed by atoms with Crippen LogP contribution in [-0.4, -0.2) is 56.2 Å². The van der Waals surface area contributed by atoms with E-state index < -0.39 is 73.1 Å². The number of hydrogen-bond donors (Lipinski definition) is 4. The van der Waals surface area contributed by atoms with Crippen LogP contribution in [-0.2, 0) is 0 Å². The maximum atomic E-state index is 13.4. The number of rotatable bonds is 7. The molecule has 10 heteroatoms. The summed E-state index contributed by atoms with van der Waals surface area (Å²) in [7, 11) is 0. The summed E-state index contributed by atoms with van der Waals surface area (Å²) >= 11 is 0. The van der Waals surface area contributed by atoms with Crippen LogP contribution in [0.1, 0.15) is 106 Å². The molecule has 1 unspecified atom stereocenters. The average molecular weight is 627 g/mol. The van der Waals surface area contributed by atoms with Crippen molar-refractivity contribution >= 4 is 0 Å². The molecule has 0 bridgehead atoms. The lowest BCUT2D eigenvalue weighted by atomic mass is 9.55. The lowest BCUT2D eigenvalue weighted by Crippen LogP contribution is -2.55. The minimum absolute atomic E-state index is 0.0638. The predicted molar refractivity (Wildman–Crippen MR) is 152 cm³/mol. The Balaban J connectivity index is 2.03. The molecular weight excluding hydrogens is 574 g/mol. The number of alkyl halides is 6. The molecule has 244 valence electrons. The molecule has 0 aromatic heterocycles. The van der Waals surface area contributed by atoms with Crippen molar-refractivity contribution in [1.29, 1.82) is 0 Å². The Kier molecular flexibility index (Phi) is 8.02. The van der Waals surface area contributed by atoms with Crippen molar-refractivity contribution in [1.82, 2.24) is 0 Å². The number of aliphatic hydroxyl groups is 4. The van der Waals surface area contributed by atoms with Crippen LogP contribution in [0.25, 0.3) is 0 Å². The third-order valence-electron chi connectivity index (χ3n) is 9.94. The highest BCUT2D eigenvalue weighted by Gasteiger charge is 2.70. The van der Waals surface area contributed by atoms with Crippen LogP contribution < -0.4 is 0 Å². The molecule has 6 atom stereocenters. The standard InChI is InChI=1S/C33H46F6O4/c1-21-23(19-24(40)20-26(21)41)11-10-22-9-6-17-30(5)25(22)12-13-27(30)29(4,15-7-14-28(2,3)42)16-8-18-31(43,32(34,35)36)33(37,38)39/h10-11,24-27,40-43H,1,6-7,9,12-17,19-20H2,2-5H3/b22-10+,23-11-/t24-,25?,26+,27-,29-,30+/m1/s1/i2D3,3D3. The van der Waals surface area contributed by atoms with Gasteiger partial charge in [0.2, 0.25) is 0 Å². The molecule has 0 heterocycles. The number of halogens is 6. The fourth-order valence-electron chi connectivity index (χ4n) is 7.66. The molecular formula is C33H46F6O4. The Morgan fingerprint density at radius 3 is 2.30 bits per heavy atom. The summed E-state index contributed by atoms with van der Waals surface area (Å²) in [6.45, 7) is 0.891. The summed E-state index contributed by atoms with van der Waals surface area (Å²) in [6, 6.07) is 0. The van der Waals surface area contributed by atoms with Crippen LogP contribution >= 0.6 is 0 Å². The molecule has 0 spiro atoms. The quantitative estimate of drug-likeness (QED) is 0.176. The summed E-state index contributed by atoms with van der Waals surface area (Å²) < 4.78 is 127. The lowest BCUT2D eigenvalue weighted by Gasteiger charge is -2.49.